The molecule has 3 atom stereocenters. The Morgan fingerprint density at radius 2 is 2.23 bits per heavy atom. The van der Waals surface area contributed by atoms with E-state index in [0.29, 0.717) is 17.3 Å². The summed E-state index contributed by atoms with van der Waals surface area (Å²) in [6.07, 6.45) is 6.15. The van der Waals surface area contributed by atoms with Crippen molar-refractivity contribution in [2.24, 2.45) is 17.3 Å². The molecule has 1 fully saturated rings. The molecule has 6 heteroatoms. The normalized spacial score (nSPS) is 28.0. The van der Waals surface area contributed by atoms with E-state index < -0.39 is 0 Å². The lowest BCUT2D eigenvalue weighted by atomic mass is 9.65. The van der Waals surface area contributed by atoms with Gasteiger partial charge in [0.1, 0.15) is 12.1 Å². The van der Waals surface area contributed by atoms with Crippen LogP contribution in [0.25, 0.3) is 5.65 Å². The lowest BCUT2D eigenvalue weighted by Gasteiger charge is -2.45. The van der Waals surface area contributed by atoms with Gasteiger partial charge in [0, 0.05) is 16.2 Å². The quantitative estimate of drug-likeness (QED) is 0.473. The third-order valence-electron chi connectivity index (χ3n) is 5.28. The number of pyridine rings is 1. The molecule has 0 spiro atoms. The summed E-state index contributed by atoms with van der Waals surface area (Å²) < 4.78 is 9.69. The Morgan fingerprint density at radius 3 is 3.00 bits per heavy atom. The molecule has 0 saturated heterocycles. The first-order chi connectivity index (χ1) is 10.4. The highest BCUT2D eigenvalue weighted by atomic mass is 127. The van der Waals surface area contributed by atoms with Crippen molar-refractivity contribution in [3.05, 3.63) is 23.1 Å². The first kappa shape index (κ1) is 16.5. The van der Waals surface area contributed by atoms with E-state index in [0.717, 1.165) is 26.4 Å². The number of halogens is 2. The van der Waals surface area contributed by atoms with Crippen molar-refractivity contribution < 1.29 is 4.74 Å². The summed E-state index contributed by atoms with van der Waals surface area (Å²) in [5, 5.41) is 7.98. The van der Waals surface area contributed by atoms with Crippen LogP contribution >= 0.6 is 38.5 Å². The second-order valence-corrected chi connectivity index (χ2v) is 9.17. The maximum atomic E-state index is 6.12. The zero-order valence-corrected chi connectivity index (χ0v) is 16.8. The van der Waals surface area contributed by atoms with Gasteiger partial charge in [0.25, 0.3) is 0 Å². The second kappa shape index (κ2) is 6.26. The smallest absolute Gasteiger partial charge is 0.164 e. The molecule has 120 valence electrons. The molecular weight excluding hydrogens is 457 g/mol. The molecule has 0 unspecified atom stereocenters. The predicted octanol–water partition coefficient (Wildman–Crippen LogP) is 4.75. The summed E-state index contributed by atoms with van der Waals surface area (Å²) >= 11 is 6.18. The van der Waals surface area contributed by atoms with Crippen molar-refractivity contribution in [1.29, 1.82) is 0 Å². The topological polar surface area (TPSA) is 39.4 Å². The molecule has 1 aliphatic rings. The Labute approximate surface area is 153 Å². The third-order valence-corrected chi connectivity index (χ3v) is 8.10. The molecule has 3 rings (SSSR count). The van der Waals surface area contributed by atoms with Crippen LogP contribution in [0.5, 0.6) is 5.75 Å². The van der Waals surface area contributed by atoms with Gasteiger partial charge in [0.2, 0.25) is 0 Å². The number of hydrogen-bond acceptors (Lipinski definition) is 3. The monoisotopic (exact) mass is 477 g/mol. The number of ether oxygens (including phenoxy) is 1. The zero-order chi connectivity index (χ0) is 15.9. The number of aromatic nitrogens is 3. The lowest BCUT2D eigenvalue weighted by Crippen LogP contribution is -2.42. The number of nitrogens with zero attached hydrogens (tertiary/aromatic N) is 3. The van der Waals surface area contributed by atoms with Crippen molar-refractivity contribution >= 4 is 44.2 Å². The largest absolute Gasteiger partial charge is 0.492 e. The minimum absolute atomic E-state index is 0.362. The van der Waals surface area contributed by atoms with E-state index in [2.05, 4.69) is 69.5 Å². The van der Waals surface area contributed by atoms with Crippen LogP contribution in [0.2, 0.25) is 0 Å². The molecule has 0 aliphatic heterocycles. The van der Waals surface area contributed by atoms with Gasteiger partial charge in [-0.1, -0.05) is 43.4 Å². The van der Waals surface area contributed by atoms with E-state index in [1.807, 2.05) is 16.7 Å². The first-order valence-electron chi connectivity index (χ1n) is 7.65. The van der Waals surface area contributed by atoms with E-state index in [4.69, 9.17) is 4.74 Å². The molecule has 1 aliphatic carbocycles. The van der Waals surface area contributed by atoms with Crippen LogP contribution in [0.1, 0.15) is 33.6 Å². The van der Waals surface area contributed by atoms with Crippen LogP contribution in [0.3, 0.4) is 0 Å². The molecular formula is C16H21BrIN3O. The summed E-state index contributed by atoms with van der Waals surface area (Å²) in [5.74, 6) is 2.10. The summed E-state index contributed by atoms with van der Waals surface area (Å²) in [4.78, 5) is 0. The predicted molar refractivity (Wildman–Crippen MR) is 99.7 cm³/mol. The molecule has 1 saturated carbocycles. The maximum Gasteiger partial charge on any atom is 0.164 e. The summed E-state index contributed by atoms with van der Waals surface area (Å²) in [6.45, 7) is 7.91. The molecule has 0 N–H and O–H groups in total. The van der Waals surface area contributed by atoms with Gasteiger partial charge in [-0.3, -0.25) is 4.40 Å². The van der Waals surface area contributed by atoms with Crippen molar-refractivity contribution in [1.82, 2.24) is 14.6 Å². The molecule has 2 aromatic rings. The average Bonchev–Trinajstić information content (AvgIpc) is 2.91. The van der Waals surface area contributed by atoms with Crippen LogP contribution in [-0.2, 0) is 0 Å². The van der Waals surface area contributed by atoms with Crippen molar-refractivity contribution in [3.63, 3.8) is 0 Å². The fourth-order valence-electron chi connectivity index (χ4n) is 3.24. The number of alkyl halides is 1. The number of fused-ring (bicyclic) bond motifs is 1. The summed E-state index contributed by atoms with van der Waals surface area (Å²) in [6, 6.07) is 1.94. The van der Waals surface area contributed by atoms with Crippen LogP contribution in [0, 0.1) is 17.3 Å². The van der Waals surface area contributed by atoms with Gasteiger partial charge in [0.05, 0.1) is 11.1 Å². The van der Waals surface area contributed by atoms with E-state index in [1.165, 1.54) is 12.8 Å². The van der Waals surface area contributed by atoms with Crippen molar-refractivity contribution in [2.75, 3.05) is 6.61 Å². The first-order valence-corrected chi connectivity index (χ1v) is 9.69. The maximum absolute atomic E-state index is 6.12. The highest BCUT2D eigenvalue weighted by molar-refractivity contribution is 14.1. The van der Waals surface area contributed by atoms with Crippen LogP contribution in [-0.4, -0.2) is 25.1 Å². The third kappa shape index (κ3) is 3.00. The van der Waals surface area contributed by atoms with E-state index in [-0.39, 0.29) is 0 Å². The molecule has 0 bridgehead atoms. The standard InChI is InChI=1S/C16H21BrIN3O/c1-10-11(4-5-14(18)16(10,2)3)8-22-13-6-15-20-19-9-21(15)7-12(13)17/h6-7,9-11,14H,4-5,8H2,1-3H3/t10-,11+,14+/m0/s1. The van der Waals surface area contributed by atoms with Crippen LogP contribution in [0.15, 0.2) is 23.1 Å². The molecule has 0 amide bonds. The molecule has 4 nitrogen and oxygen atoms in total. The van der Waals surface area contributed by atoms with Gasteiger partial charge in [-0.15, -0.1) is 10.2 Å². The van der Waals surface area contributed by atoms with Gasteiger partial charge in [-0.25, -0.2) is 0 Å². The van der Waals surface area contributed by atoms with Gasteiger partial charge in [0.15, 0.2) is 5.65 Å². The lowest BCUT2D eigenvalue weighted by molar-refractivity contribution is 0.0670. The van der Waals surface area contributed by atoms with Crippen LogP contribution < -0.4 is 4.74 Å². The van der Waals surface area contributed by atoms with Gasteiger partial charge >= 0.3 is 0 Å². The number of hydrogen-bond donors (Lipinski definition) is 0. The van der Waals surface area contributed by atoms with Crippen molar-refractivity contribution in [2.45, 2.75) is 37.5 Å². The fraction of sp³-hybridized carbons (Fsp3) is 0.625. The van der Waals surface area contributed by atoms with Gasteiger partial charge < -0.3 is 4.74 Å². The summed E-state index contributed by atoms with van der Waals surface area (Å²) in [7, 11) is 0. The fourth-order valence-corrected chi connectivity index (χ4v) is 4.61. The Bertz CT molecular complexity index is 672. The highest BCUT2D eigenvalue weighted by Crippen LogP contribution is 2.47. The van der Waals surface area contributed by atoms with E-state index >= 15 is 0 Å². The van der Waals surface area contributed by atoms with E-state index in [1.54, 1.807) is 6.33 Å². The Hall–Kier alpha value is -0.370. The Balaban J connectivity index is 1.72. The second-order valence-electron chi connectivity index (χ2n) is 6.81. The van der Waals surface area contributed by atoms with Gasteiger partial charge in [-0.2, -0.15) is 0 Å². The van der Waals surface area contributed by atoms with Crippen molar-refractivity contribution in [3.8, 4) is 5.75 Å². The molecule has 2 aromatic heterocycles. The molecule has 0 radical (unpaired) electrons. The van der Waals surface area contributed by atoms with Gasteiger partial charge in [-0.05, 0) is 46.0 Å². The van der Waals surface area contributed by atoms with E-state index in [9.17, 15) is 0 Å². The summed E-state index contributed by atoms with van der Waals surface area (Å²) in [5.41, 5.74) is 1.17. The van der Waals surface area contributed by atoms with Crippen LogP contribution in [0.4, 0.5) is 0 Å². The minimum atomic E-state index is 0.362. The molecule has 2 heterocycles. The Kier molecular flexibility index (Phi) is 4.69. The highest BCUT2D eigenvalue weighted by Gasteiger charge is 2.41. The molecule has 22 heavy (non-hydrogen) atoms. The SMILES string of the molecule is C[C@H]1[C@@H](COc2cc3nncn3cc2Br)CC[C@@H](I)C1(C)C. The Morgan fingerprint density at radius 1 is 1.45 bits per heavy atom. The minimum Gasteiger partial charge on any atom is -0.492 e. The zero-order valence-electron chi connectivity index (χ0n) is 13.1. The number of rotatable bonds is 3. The molecule has 0 aromatic carbocycles. The average molecular weight is 478 g/mol.